The van der Waals surface area contributed by atoms with Gasteiger partial charge in [-0.15, -0.1) is 0 Å². The normalized spacial score (nSPS) is 13.7. The second kappa shape index (κ2) is 5.35. The molecule has 0 saturated heterocycles. The standard InChI is InChI=1S/C14H15N5O2/c1-15-13(20)11-8-17-19-6-5-18(9-12(11)19)14(21)10-3-2-4-16-7-10/h2-4,7-8H,5-6,9H2,1H3,(H,15,20). The first kappa shape index (κ1) is 13.3. The Morgan fingerprint density at radius 1 is 1.29 bits per heavy atom. The highest BCUT2D eigenvalue weighted by atomic mass is 16.2. The molecule has 108 valence electrons. The predicted molar refractivity (Wildman–Crippen MR) is 74.6 cm³/mol. The van der Waals surface area contributed by atoms with Crippen LogP contribution in [0.3, 0.4) is 0 Å². The van der Waals surface area contributed by atoms with Crippen LogP contribution in [0.2, 0.25) is 0 Å². The second-order valence-electron chi connectivity index (χ2n) is 4.78. The van der Waals surface area contributed by atoms with Crippen LogP contribution in [0.4, 0.5) is 0 Å². The molecule has 1 N–H and O–H groups in total. The Balaban J connectivity index is 1.85. The van der Waals surface area contributed by atoms with Crippen LogP contribution >= 0.6 is 0 Å². The molecule has 2 aromatic heterocycles. The van der Waals surface area contributed by atoms with E-state index in [-0.39, 0.29) is 11.8 Å². The number of pyridine rings is 1. The van der Waals surface area contributed by atoms with E-state index in [2.05, 4.69) is 15.4 Å². The molecular formula is C14H15N5O2. The summed E-state index contributed by atoms with van der Waals surface area (Å²) in [5, 5.41) is 6.79. The Morgan fingerprint density at radius 2 is 2.14 bits per heavy atom. The summed E-state index contributed by atoms with van der Waals surface area (Å²) in [5.41, 5.74) is 1.82. The van der Waals surface area contributed by atoms with Crippen molar-refractivity contribution in [1.29, 1.82) is 0 Å². The number of rotatable bonds is 2. The molecule has 2 amide bonds. The molecule has 0 fully saturated rings. The number of carbonyl (C=O) groups is 2. The quantitative estimate of drug-likeness (QED) is 0.860. The zero-order valence-electron chi connectivity index (χ0n) is 11.6. The molecule has 7 nitrogen and oxygen atoms in total. The van der Waals surface area contributed by atoms with Gasteiger partial charge >= 0.3 is 0 Å². The van der Waals surface area contributed by atoms with Gasteiger partial charge in [0.15, 0.2) is 0 Å². The lowest BCUT2D eigenvalue weighted by molar-refractivity contribution is 0.0702. The van der Waals surface area contributed by atoms with E-state index in [9.17, 15) is 9.59 Å². The zero-order chi connectivity index (χ0) is 14.8. The zero-order valence-corrected chi connectivity index (χ0v) is 11.6. The van der Waals surface area contributed by atoms with Gasteiger partial charge in [0, 0.05) is 26.0 Å². The third-order valence-corrected chi connectivity index (χ3v) is 3.54. The van der Waals surface area contributed by atoms with Crippen LogP contribution in [0, 0.1) is 0 Å². The number of amides is 2. The van der Waals surface area contributed by atoms with Crippen LogP contribution in [-0.2, 0) is 13.1 Å². The van der Waals surface area contributed by atoms with E-state index in [0.29, 0.717) is 30.8 Å². The topological polar surface area (TPSA) is 80.1 Å². The lowest BCUT2D eigenvalue weighted by Crippen LogP contribution is -2.39. The maximum absolute atomic E-state index is 12.4. The molecule has 3 rings (SSSR count). The molecule has 0 bridgehead atoms. The highest BCUT2D eigenvalue weighted by Crippen LogP contribution is 2.18. The Labute approximate surface area is 121 Å². The van der Waals surface area contributed by atoms with Gasteiger partial charge in [0.2, 0.25) is 0 Å². The van der Waals surface area contributed by atoms with Gasteiger partial charge in [-0.1, -0.05) is 0 Å². The van der Waals surface area contributed by atoms with Gasteiger partial charge in [0.25, 0.3) is 11.8 Å². The molecule has 0 spiro atoms. The van der Waals surface area contributed by atoms with Crippen LogP contribution in [0.1, 0.15) is 26.4 Å². The molecule has 1 aliphatic heterocycles. The Morgan fingerprint density at radius 3 is 2.86 bits per heavy atom. The average molecular weight is 285 g/mol. The van der Waals surface area contributed by atoms with E-state index in [4.69, 9.17) is 0 Å². The third kappa shape index (κ3) is 2.37. The van der Waals surface area contributed by atoms with Crippen molar-refractivity contribution in [1.82, 2.24) is 25.0 Å². The molecule has 3 heterocycles. The molecule has 0 atom stereocenters. The lowest BCUT2D eigenvalue weighted by Gasteiger charge is -2.28. The summed E-state index contributed by atoms with van der Waals surface area (Å²) < 4.78 is 1.78. The summed E-state index contributed by atoms with van der Waals surface area (Å²) in [6, 6.07) is 3.47. The number of carbonyl (C=O) groups excluding carboxylic acids is 2. The molecule has 0 unspecified atom stereocenters. The first-order valence-corrected chi connectivity index (χ1v) is 6.66. The third-order valence-electron chi connectivity index (χ3n) is 3.54. The Bertz CT molecular complexity index is 680. The SMILES string of the molecule is CNC(=O)c1cnn2c1CN(C(=O)c1cccnc1)CC2. The van der Waals surface area contributed by atoms with E-state index in [0.717, 1.165) is 5.69 Å². The monoisotopic (exact) mass is 285 g/mol. The van der Waals surface area contributed by atoms with Crippen molar-refractivity contribution in [3.63, 3.8) is 0 Å². The molecule has 2 aromatic rings. The molecule has 7 heteroatoms. The summed E-state index contributed by atoms with van der Waals surface area (Å²) in [6.45, 7) is 1.52. The largest absolute Gasteiger partial charge is 0.355 e. The van der Waals surface area contributed by atoms with Gasteiger partial charge in [0.1, 0.15) is 0 Å². The fourth-order valence-electron chi connectivity index (χ4n) is 2.41. The van der Waals surface area contributed by atoms with Gasteiger partial charge in [-0.3, -0.25) is 19.3 Å². The van der Waals surface area contributed by atoms with Crippen molar-refractivity contribution >= 4 is 11.8 Å². The predicted octanol–water partition coefficient (Wildman–Crippen LogP) is 0.294. The van der Waals surface area contributed by atoms with Gasteiger partial charge in [-0.2, -0.15) is 5.10 Å². The second-order valence-corrected chi connectivity index (χ2v) is 4.78. The highest BCUT2D eigenvalue weighted by molar-refractivity contribution is 5.96. The molecule has 1 aliphatic rings. The van der Waals surface area contributed by atoms with E-state index in [1.807, 2.05) is 0 Å². The van der Waals surface area contributed by atoms with Crippen LogP contribution in [0.15, 0.2) is 30.7 Å². The smallest absolute Gasteiger partial charge is 0.255 e. The van der Waals surface area contributed by atoms with Gasteiger partial charge in [0.05, 0.1) is 36.1 Å². The number of hydrogen-bond donors (Lipinski definition) is 1. The van der Waals surface area contributed by atoms with Crippen molar-refractivity contribution in [3.8, 4) is 0 Å². The number of hydrogen-bond acceptors (Lipinski definition) is 4. The maximum Gasteiger partial charge on any atom is 0.255 e. The van der Waals surface area contributed by atoms with Gasteiger partial charge in [-0.25, -0.2) is 0 Å². The van der Waals surface area contributed by atoms with Crippen molar-refractivity contribution in [2.75, 3.05) is 13.6 Å². The minimum atomic E-state index is -0.188. The summed E-state index contributed by atoms with van der Waals surface area (Å²) in [7, 11) is 1.58. The Kier molecular flexibility index (Phi) is 3.39. The minimum Gasteiger partial charge on any atom is -0.355 e. The van der Waals surface area contributed by atoms with Crippen molar-refractivity contribution < 1.29 is 9.59 Å². The number of aromatic nitrogens is 3. The molecular weight excluding hydrogens is 270 g/mol. The van der Waals surface area contributed by atoms with E-state index in [1.165, 1.54) is 0 Å². The van der Waals surface area contributed by atoms with E-state index >= 15 is 0 Å². The minimum absolute atomic E-state index is 0.0848. The van der Waals surface area contributed by atoms with Crippen molar-refractivity contribution in [2.24, 2.45) is 0 Å². The van der Waals surface area contributed by atoms with Gasteiger partial charge in [-0.05, 0) is 12.1 Å². The number of nitrogens with zero attached hydrogens (tertiary/aromatic N) is 4. The van der Waals surface area contributed by atoms with Crippen molar-refractivity contribution in [3.05, 3.63) is 47.5 Å². The van der Waals surface area contributed by atoms with Gasteiger partial charge < -0.3 is 10.2 Å². The fourth-order valence-corrected chi connectivity index (χ4v) is 2.41. The number of nitrogens with one attached hydrogen (secondary N) is 1. The first-order chi connectivity index (χ1) is 10.2. The first-order valence-electron chi connectivity index (χ1n) is 6.66. The van der Waals surface area contributed by atoms with Crippen LogP contribution < -0.4 is 5.32 Å². The van der Waals surface area contributed by atoms with Crippen LogP contribution in [0.25, 0.3) is 0 Å². The number of fused-ring (bicyclic) bond motifs is 1. The summed E-state index contributed by atoms with van der Waals surface area (Å²) >= 11 is 0. The highest BCUT2D eigenvalue weighted by Gasteiger charge is 2.26. The fraction of sp³-hybridized carbons (Fsp3) is 0.286. The summed E-state index contributed by atoms with van der Waals surface area (Å²) in [4.78, 5) is 29.9. The van der Waals surface area contributed by atoms with E-state index in [1.54, 1.807) is 47.4 Å². The van der Waals surface area contributed by atoms with E-state index < -0.39 is 0 Å². The molecule has 21 heavy (non-hydrogen) atoms. The Hall–Kier alpha value is -2.70. The molecule has 0 aromatic carbocycles. The van der Waals surface area contributed by atoms with Crippen LogP contribution in [-0.4, -0.2) is 45.1 Å². The molecule has 0 saturated carbocycles. The van der Waals surface area contributed by atoms with Crippen LogP contribution in [0.5, 0.6) is 0 Å². The maximum atomic E-state index is 12.4. The lowest BCUT2D eigenvalue weighted by atomic mass is 10.1. The summed E-state index contributed by atoms with van der Waals surface area (Å²) in [6.07, 6.45) is 4.73. The molecule has 0 aliphatic carbocycles. The molecule has 0 radical (unpaired) electrons. The summed E-state index contributed by atoms with van der Waals surface area (Å²) in [5.74, 6) is -0.273. The van der Waals surface area contributed by atoms with Crippen molar-refractivity contribution in [2.45, 2.75) is 13.1 Å². The average Bonchev–Trinajstić information content (AvgIpc) is 2.97.